The standard InChI is InChI=1S/C6H13N5O.C2H6/c1-8-3-2-4-11(7)6-9-5-10-12-6;1-2/h5,8H,2-4,7H2,1H3;1-2H3. The zero-order chi connectivity index (χ0) is 10.8. The van der Waals surface area contributed by atoms with Gasteiger partial charge in [-0.3, -0.25) is 5.01 Å². The second kappa shape index (κ2) is 8.46. The first-order chi connectivity index (χ1) is 6.84. The Morgan fingerprint density at radius 2 is 2.29 bits per heavy atom. The van der Waals surface area contributed by atoms with Gasteiger partial charge in [0.15, 0.2) is 6.33 Å². The van der Waals surface area contributed by atoms with E-state index >= 15 is 0 Å². The van der Waals surface area contributed by atoms with Crippen LogP contribution in [0.1, 0.15) is 20.3 Å². The molecule has 1 aromatic rings. The third-order valence-corrected chi connectivity index (χ3v) is 1.42. The summed E-state index contributed by atoms with van der Waals surface area (Å²) in [6.07, 6.45) is 2.27. The van der Waals surface area contributed by atoms with Gasteiger partial charge < -0.3 is 9.84 Å². The fourth-order valence-electron chi connectivity index (χ4n) is 0.816. The number of anilines is 1. The highest BCUT2D eigenvalue weighted by Crippen LogP contribution is 2.02. The maximum atomic E-state index is 5.59. The van der Waals surface area contributed by atoms with Gasteiger partial charge in [0.2, 0.25) is 0 Å². The Hall–Kier alpha value is -1.14. The predicted octanol–water partition coefficient (Wildman–Crippen LogP) is 0.385. The van der Waals surface area contributed by atoms with Crippen LogP contribution in [0.5, 0.6) is 0 Å². The van der Waals surface area contributed by atoms with Gasteiger partial charge in [-0.25, -0.2) is 5.84 Å². The molecule has 0 unspecified atom stereocenters. The number of hydrazine groups is 1. The van der Waals surface area contributed by atoms with Gasteiger partial charge in [0.1, 0.15) is 0 Å². The molecule has 0 aliphatic rings. The number of hydrogen-bond donors (Lipinski definition) is 2. The van der Waals surface area contributed by atoms with Crippen molar-refractivity contribution in [3.63, 3.8) is 0 Å². The normalized spacial score (nSPS) is 9.14. The van der Waals surface area contributed by atoms with Crippen molar-refractivity contribution < 1.29 is 4.52 Å². The van der Waals surface area contributed by atoms with E-state index in [-0.39, 0.29) is 0 Å². The summed E-state index contributed by atoms with van der Waals surface area (Å²) in [6, 6.07) is 0.353. The Kier molecular flexibility index (Phi) is 7.77. The lowest BCUT2D eigenvalue weighted by atomic mass is 10.4. The number of hydrogen-bond acceptors (Lipinski definition) is 6. The fraction of sp³-hybridized carbons (Fsp3) is 0.750. The second-order valence-electron chi connectivity index (χ2n) is 2.37. The molecule has 0 amide bonds. The van der Waals surface area contributed by atoms with E-state index < -0.39 is 0 Å². The third-order valence-electron chi connectivity index (χ3n) is 1.42. The van der Waals surface area contributed by atoms with Crippen molar-refractivity contribution in [3.8, 4) is 0 Å². The zero-order valence-electron chi connectivity index (χ0n) is 9.03. The van der Waals surface area contributed by atoms with Gasteiger partial charge in [-0.05, 0) is 20.0 Å². The maximum absolute atomic E-state index is 5.59. The van der Waals surface area contributed by atoms with Crippen LogP contribution in [0.15, 0.2) is 10.9 Å². The topological polar surface area (TPSA) is 80.2 Å². The van der Waals surface area contributed by atoms with E-state index in [9.17, 15) is 0 Å². The van der Waals surface area contributed by atoms with Gasteiger partial charge in [-0.1, -0.05) is 19.0 Å². The van der Waals surface area contributed by atoms with Gasteiger partial charge in [0.25, 0.3) is 0 Å². The molecule has 1 heterocycles. The summed E-state index contributed by atoms with van der Waals surface area (Å²) in [6.45, 7) is 5.62. The van der Waals surface area contributed by atoms with Gasteiger partial charge in [-0.15, -0.1) is 0 Å². The van der Waals surface area contributed by atoms with Crippen molar-refractivity contribution in [3.05, 3.63) is 6.33 Å². The Bertz CT molecular complexity index is 202. The van der Waals surface area contributed by atoms with E-state index in [0.29, 0.717) is 12.6 Å². The van der Waals surface area contributed by atoms with Gasteiger partial charge in [-0.2, -0.15) is 4.98 Å². The number of rotatable bonds is 5. The highest BCUT2D eigenvalue weighted by atomic mass is 16.5. The minimum absolute atomic E-state index is 0.353. The first kappa shape index (κ1) is 12.9. The number of nitrogens with two attached hydrogens (primary N) is 1. The van der Waals surface area contributed by atoms with Crippen molar-refractivity contribution in [2.24, 2.45) is 5.84 Å². The predicted molar refractivity (Wildman–Crippen MR) is 55.7 cm³/mol. The average Bonchev–Trinajstić information content (AvgIpc) is 2.74. The molecule has 0 spiro atoms. The molecule has 1 rings (SSSR count). The first-order valence-corrected chi connectivity index (χ1v) is 4.78. The van der Waals surface area contributed by atoms with Crippen LogP contribution in [-0.4, -0.2) is 30.3 Å². The highest BCUT2D eigenvalue weighted by molar-refractivity contribution is 5.18. The lowest BCUT2D eigenvalue weighted by Crippen LogP contribution is -2.33. The van der Waals surface area contributed by atoms with E-state index in [0.717, 1.165) is 13.0 Å². The van der Waals surface area contributed by atoms with Crippen LogP contribution >= 0.6 is 0 Å². The molecule has 14 heavy (non-hydrogen) atoms. The quantitative estimate of drug-likeness (QED) is 0.407. The molecule has 1 aromatic heterocycles. The Morgan fingerprint density at radius 1 is 1.57 bits per heavy atom. The maximum Gasteiger partial charge on any atom is 0.337 e. The monoisotopic (exact) mass is 201 g/mol. The van der Waals surface area contributed by atoms with Crippen LogP contribution < -0.4 is 16.2 Å². The summed E-state index contributed by atoms with van der Waals surface area (Å²) < 4.78 is 4.75. The molecular weight excluding hydrogens is 182 g/mol. The molecule has 0 atom stereocenters. The largest absolute Gasteiger partial charge is 0.337 e. The van der Waals surface area contributed by atoms with E-state index in [1.165, 1.54) is 11.3 Å². The van der Waals surface area contributed by atoms with Crippen LogP contribution in [0.4, 0.5) is 6.01 Å². The van der Waals surface area contributed by atoms with Crippen molar-refractivity contribution in [2.45, 2.75) is 20.3 Å². The number of nitrogens with one attached hydrogen (secondary N) is 1. The average molecular weight is 201 g/mol. The summed E-state index contributed by atoms with van der Waals surface area (Å²) in [5.74, 6) is 5.59. The Labute approximate surface area is 84.4 Å². The SMILES string of the molecule is CC.CNCCCN(N)c1ncno1. The molecule has 0 saturated heterocycles. The van der Waals surface area contributed by atoms with Gasteiger partial charge in [0, 0.05) is 6.54 Å². The van der Waals surface area contributed by atoms with E-state index in [1.807, 2.05) is 20.9 Å². The summed E-state index contributed by atoms with van der Waals surface area (Å²) in [5, 5.41) is 7.90. The van der Waals surface area contributed by atoms with Crippen LogP contribution in [-0.2, 0) is 0 Å². The summed E-state index contributed by atoms with van der Waals surface area (Å²) in [7, 11) is 1.90. The third kappa shape index (κ3) is 4.78. The summed E-state index contributed by atoms with van der Waals surface area (Å²) in [4.78, 5) is 3.80. The molecule has 0 saturated carbocycles. The molecule has 0 aliphatic carbocycles. The molecule has 0 radical (unpaired) electrons. The Balaban J connectivity index is 0.000000791. The van der Waals surface area contributed by atoms with Crippen molar-refractivity contribution in [2.75, 3.05) is 25.1 Å². The summed E-state index contributed by atoms with van der Waals surface area (Å²) in [5.41, 5.74) is 0. The minimum Gasteiger partial charge on any atom is -0.320 e. The van der Waals surface area contributed by atoms with Gasteiger partial charge in [0.05, 0.1) is 0 Å². The molecule has 0 bridgehead atoms. The van der Waals surface area contributed by atoms with E-state index in [4.69, 9.17) is 10.4 Å². The van der Waals surface area contributed by atoms with E-state index in [1.54, 1.807) is 0 Å². The zero-order valence-corrected chi connectivity index (χ0v) is 9.03. The van der Waals surface area contributed by atoms with Crippen molar-refractivity contribution in [1.29, 1.82) is 0 Å². The number of aromatic nitrogens is 2. The second-order valence-corrected chi connectivity index (χ2v) is 2.37. The van der Waals surface area contributed by atoms with E-state index in [2.05, 4.69) is 15.5 Å². The molecule has 0 aliphatic heterocycles. The smallest absolute Gasteiger partial charge is 0.320 e. The molecule has 0 fully saturated rings. The molecule has 6 heteroatoms. The van der Waals surface area contributed by atoms with Crippen LogP contribution in [0.2, 0.25) is 0 Å². The minimum atomic E-state index is 0.353. The molecule has 82 valence electrons. The molecule has 3 N–H and O–H groups in total. The number of nitrogens with zero attached hydrogens (tertiary/aromatic N) is 3. The van der Waals surface area contributed by atoms with Crippen molar-refractivity contribution in [1.82, 2.24) is 15.5 Å². The summed E-state index contributed by atoms with van der Waals surface area (Å²) >= 11 is 0. The molecule has 6 nitrogen and oxygen atoms in total. The van der Waals surface area contributed by atoms with Crippen LogP contribution in [0, 0.1) is 0 Å². The Morgan fingerprint density at radius 3 is 2.79 bits per heavy atom. The molecule has 0 aromatic carbocycles. The first-order valence-electron chi connectivity index (χ1n) is 4.78. The lowest BCUT2D eigenvalue weighted by molar-refractivity contribution is 0.412. The van der Waals surface area contributed by atoms with Crippen LogP contribution in [0.3, 0.4) is 0 Å². The fourth-order valence-corrected chi connectivity index (χ4v) is 0.816. The molecular formula is C8H19N5O. The van der Waals surface area contributed by atoms with Crippen LogP contribution in [0.25, 0.3) is 0 Å². The van der Waals surface area contributed by atoms with Crippen molar-refractivity contribution >= 4 is 6.01 Å². The van der Waals surface area contributed by atoms with Gasteiger partial charge >= 0.3 is 6.01 Å². The highest BCUT2D eigenvalue weighted by Gasteiger charge is 2.05. The lowest BCUT2D eigenvalue weighted by Gasteiger charge is -2.11.